The summed E-state index contributed by atoms with van der Waals surface area (Å²) in [5.41, 5.74) is 1.40. The number of nitrogens with zero attached hydrogens (tertiary/aromatic N) is 1. The Morgan fingerprint density at radius 2 is 1.88 bits per heavy atom. The molecule has 2 amide bonds. The molecule has 0 saturated carbocycles. The third-order valence-electron chi connectivity index (χ3n) is 3.72. The molecule has 2 aromatic rings. The van der Waals surface area contributed by atoms with Crippen LogP contribution in [-0.2, 0) is 16.0 Å². The van der Waals surface area contributed by atoms with Gasteiger partial charge >= 0.3 is 0 Å². The molecule has 0 radical (unpaired) electrons. The number of rotatable bonds is 7. The van der Waals surface area contributed by atoms with Gasteiger partial charge in [-0.25, -0.2) is 4.39 Å². The Kier molecular flexibility index (Phi) is 6.51. The first-order valence-corrected chi connectivity index (χ1v) is 7.92. The monoisotopic (exact) mass is 344 g/mol. The molecular weight excluding hydrogens is 323 g/mol. The zero-order chi connectivity index (χ0) is 18.2. The van der Waals surface area contributed by atoms with Crippen molar-refractivity contribution in [3.8, 4) is 5.75 Å². The van der Waals surface area contributed by atoms with Crippen molar-refractivity contribution < 1.29 is 18.7 Å². The van der Waals surface area contributed by atoms with Gasteiger partial charge in [-0.05, 0) is 42.3 Å². The number of halogens is 1. The van der Waals surface area contributed by atoms with Gasteiger partial charge in [-0.3, -0.25) is 9.59 Å². The molecule has 0 aromatic heterocycles. The largest absolute Gasteiger partial charge is 0.497 e. The Hall–Kier alpha value is -2.89. The molecule has 0 unspecified atom stereocenters. The van der Waals surface area contributed by atoms with E-state index in [1.54, 1.807) is 13.2 Å². The lowest BCUT2D eigenvalue weighted by Crippen LogP contribution is -2.38. The third kappa shape index (κ3) is 5.91. The number of benzene rings is 2. The Labute approximate surface area is 146 Å². The normalized spacial score (nSPS) is 10.2. The summed E-state index contributed by atoms with van der Waals surface area (Å²) in [6.07, 6.45) is 0.622. The maximum atomic E-state index is 13.1. The fourth-order valence-corrected chi connectivity index (χ4v) is 2.34. The van der Waals surface area contributed by atoms with Crippen LogP contribution in [0.2, 0.25) is 0 Å². The van der Waals surface area contributed by atoms with Crippen molar-refractivity contribution in [3.63, 3.8) is 0 Å². The quantitative estimate of drug-likeness (QED) is 0.840. The van der Waals surface area contributed by atoms with Crippen LogP contribution in [0.25, 0.3) is 0 Å². The lowest BCUT2D eigenvalue weighted by Gasteiger charge is -2.20. The summed E-state index contributed by atoms with van der Waals surface area (Å²) in [4.78, 5) is 25.3. The summed E-state index contributed by atoms with van der Waals surface area (Å²) < 4.78 is 18.3. The van der Waals surface area contributed by atoms with E-state index in [-0.39, 0.29) is 18.4 Å². The lowest BCUT2D eigenvalue weighted by atomic mass is 10.1. The Morgan fingerprint density at radius 1 is 1.16 bits per heavy atom. The summed E-state index contributed by atoms with van der Waals surface area (Å²) in [5, 5.41) is 2.59. The number of amides is 2. The van der Waals surface area contributed by atoms with Crippen molar-refractivity contribution in [2.24, 2.45) is 0 Å². The zero-order valence-corrected chi connectivity index (χ0v) is 14.3. The highest BCUT2D eigenvalue weighted by molar-refractivity contribution is 5.94. The molecule has 0 atom stereocenters. The Morgan fingerprint density at radius 3 is 2.48 bits per heavy atom. The first-order valence-electron chi connectivity index (χ1n) is 7.92. The van der Waals surface area contributed by atoms with Gasteiger partial charge in [0.1, 0.15) is 11.6 Å². The van der Waals surface area contributed by atoms with Gasteiger partial charge in [-0.15, -0.1) is 0 Å². The van der Waals surface area contributed by atoms with Gasteiger partial charge in [0.25, 0.3) is 0 Å². The molecule has 0 spiro atoms. The summed E-state index contributed by atoms with van der Waals surface area (Å²) in [6.45, 7) is 1.75. The summed E-state index contributed by atoms with van der Waals surface area (Å²) in [7, 11) is 1.60. The second-order valence-corrected chi connectivity index (χ2v) is 5.60. The van der Waals surface area contributed by atoms with E-state index in [2.05, 4.69) is 5.32 Å². The van der Waals surface area contributed by atoms with E-state index >= 15 is 0 Å². The minimum absolute atomic E-state index is 0.0813. The number of anilines is 1. The molecule has 2 aromatic carbocycles. The molecule has 0 bridgehead atoms. The third-order valence-corrected chi connectivity index (χ3v) is 3.72. The topological polar surface area (TPSA) is 58.6 Å². The number of carbonyl (C=O) groups excluding carboxylic acids is 2. The van der Waals surface area contributed by atoms with Crippen LogP contribution in [0.1, 0.15) is 12.5 Å². The number of nitrogens with one attached hydrogen (secondary N) is 1. The number of hydrogen-bond donors (Lipinski definition) is 1. The molecule has 0 aliphatic rings. The predicted octanol–water partition coefficient (Wildman–Crippen LogP) is 2.86. The van der Waals surface area contributed by atoms with E-state index < -0.39 is 5.82 Å². The number of hydrogen-bond acceptors (Lipinski definition) is 3. The Bertz CT molecular complexity index is 732. The average Bonchev–Trinajstić information content (AvgIpc) is 2.58. The van der Waals surface area contributed by atoms with E-state index in [0.717, 1.165) is 11.3 Å². The molecule has 6 heteroatoms. The molecule has 0 saturated heterocycles. The van der Waals surface area contributed by atoms with E-state index in [9.17, 15) is 14.0 Å². The first-order chi connectivity index (χ1) is 12.0. The molecule has 2 rings (SSSR count). The average molecular weight is 344 g/mol. The molecule has 0 heterocycles. The van der Waals surface area contributed by atoms with Gasteiger partial charge in [0.2, 0.25) is 11.8 Å². The SMILES string of the molecule is COc1ccc(CCN(CC(=O)Nc2cccc(F)c2)C(C)=O)cc1. The lowest BCUT2D eigenvalue weighted by molar-refractivity contribution is -0.132. The molecule has 0 aliphatic heterocycles. The summed E-state index contributed by atoms with van der Waals surface area (Å²) in [6, 6.07) is 13.2. The van der Waals surface area contributed by atoms with Gasteiger partial charge in [0.05, 0.1) is 13.7 Å². The highest BCUT2D eigenvalue weighted by atomic mass is 19.1. The van der Waals surface area contributed by atoms with Crippen LogP contribution >= 0.6 is 0 Å². The highest BCUT2D eigenvalue weighted by Crippen LogP contribution is 2.12. The number of methoxy groups -OCH3 is 1. The van der Waals surface area contributed by atoms with Crippen LogP contribution in [-0.4, -0.2) is 36.9 Å². The van der Waals surface area contributed by atoms with Crippen molar-refractivity contribution in [1.29, 1.82) is 0 Å². The Balaban J connectivity index is 1.91. The molecule has 0 aliphatic carbocycles. The minimum atomic E-state index is -0.430. The molecule has 132 valence electrons. The van der Waals surface area contributed by atoms with Crippen molar-refractivity contribution in [2.45, 2.75) is 13.3 Å². The smallest absolute Gasteiger partial charge is 0.243 e. The molecule has 0 fully saturated rings. The van der Waals surface area contributed by atoms with Crippen LogP contribution in [0.3, 0.4) is 0 Å². The van der Waals surface area contributed by atoms with E-state index in [0.29, 0.717) is 18.7 Å². The van der Waals surface area contributed by atoms with Gasteiger partial charge in [-0.1, -0.05) is 18.2 Å². The van der Waals surface area contributed by atoms with Crippen LogP contribution in [0.15, 0.2) is 48.5 Å². The fraction of sp³-hybridized carbons (Fsp3) is 0.263. The van der Waals surface area contributed by atoms with Crippen LogP contribution in [0.4, 0.5) is 10.1 Å². The molecule has 1 N–H and O–H groups in total. The van der Waals surface area contributed by atoms with E-state index in [1.165, 1.54) is 30.0 Å². The van der Waals surface area contributed by atoms with Gasteiger partial charge < -0.3 is 15.0 Å². The predicted molar refractivity (Wildman–Crippen MR) is 94.0 cm³/mol. The fourth-order valence-electron chi connectivity index (χ4n) is 2.34. The molecule has 25 heavy (non-hydrogen) atoms. The zero-order valence-electron chi connectivity index (χ0n) is 14.3. The van der Waals surface area contributed by atoms with Crippen molar-refractivity contribution >= 4 is 17.5 Å². The van der Waals surface area contributed by atoms with Gasteiger partial charge in [0.15, 0.2) is 0 Å². The van der Waals surface area contributed by atoms with Gasteiger partial charge in [-0.2, -0.15) is 0 Å². The maximum Gasteiger partial charge on any atom is 0.243 e. The highest BCUT2D eigenvalue weighted by Gasteiger charge is 2.14. The van der Waals surface area contributed by atoms with Crippen LogP contribution in [0.5, 0.6) is 5.75 Å². The number of carbonyl (C=O) groups is 2. The van der Waals surface area contributed by atoms with Gasteiger partial charge in [0, 0.05) is 19.2 Å². The maximum absolute atomic E-state index is 13.1. The van der Waals surface area contributed by atoms with Crippen LogP contribution < -0.4 is 10.1 Å². The first kappa shape index (κ1) is 18.4. The van der Waals surface area contributed by atoms with E-state index in [1.807, 2.05) is 24.3 Å². The van der Waals surface area contributed by atoms with Crippen LogP contribution in [0, 0.1) is 5.82 Å². The second-order valence-electron chi connectivity index (χ2n) is 5.60. The number of ether oxygens (including phenoxy) is 1. The van der Waals surface area contributed by atoms with Crippen molar-refractivity contribution in [3.05, 3.63) is 59.9 Å². The second kappa shape index (κ2) is 8.82. The molecular formula is C19H21FN2O3. The summed E-state index contributed by atoms with van der Waals surface area (Å²) in [5.74, 6) is -0.221. The summed E-state index contributed by atoms with van der Waals surface area (Å²) >= 11 is 0. The van der Waals surface area contributed by atoms with Crippen molar-refractivity contribution in [1.82, 2.24) is 4.90 Å². The van der Waals surface area contributed by atoms with E-state index in [4.69, 9.17) is 4.74 Å². The standard InChI is InChI=1S/C19H21FN2O3/c1-14(23)22(11-10-15-6-8-18(25-2)9-7-15)13-19(24)21-17-5-3-4-16(20)12-17/h3-9,12H,10-11,13H2,1-2H3,(H,21,24). The minimum Gasteiger partial charge on any atom is -0.497 e. The van der Waals surface area contributed by atoms with Crippen molar-refractivity contribution in [2.75, 3.05) is 25.5 Å². The molecule has 5 nitrogen and oxygen atoms in total.